The van der Waals surface area contributed by atoms with Crippen LogP contribution in [0.1, 0.15) is 47.2 Å². The van der Waals surface area contributed by atoms with Gasteiger partial charge in [-0.2, -0.15) is 0 Å². The second-order valence-corrected chi connectivity index (χ2v) is 18.4. The van der Waals surface area contributed by atoms with Crippen LogP contribution in [0.15, 0.2) is 243 Å². The molecule has 2 heteroatoms. The highest BCUT2D eigenvalue weighted by atomic mass is 15.2. The van der Waals surface area contributed by atoms with E-state index in [0.717, 1.165) is 34.1 Å². The third-order valence-electron chi connectivity index (χ3n) is 14.6. The van der Waals surface area contributed by atoms with Gasteiger partial charge in [0.15, 0.2) is 0 Å². The van der Waals surface area contributed by atoms with E-state index in [1.165, 1.54) is 77.9 Å². The van der Waals surface area contributed by atoms with Crippen molar-refractivity contribution in [2.24, 2.45) is 0 Å². The van der Waals surface area contributed by atoms with Crippen molar-refractivity contribution in [3.05, 3.63) is 276 Å². The molecule has 66 heavy (non-hydrogen) atoms. The minimum atomic E-state index is -0.545. The maximum Gasteiger partial charge on any atom is 0.0727 e. The lowest BCUT2D eigenvalue weighted by Crippen LogP contribution is -2.26. The number of hydrogen-bond donors (Lipinski definition) is 0. The van der Waals surface area contributed by atoms with Gasteiger partial charge in [-0.1, -0.05) is 190 Å². The third-order valence-corrected chi connectivity index (χ3v) is 14.6. The molecule has 0 heterocycles. The van der Waals surface area contributed by atoms with Crippen molar-refractivity contribution in [1.29, 1.82) is 0 Å². The number of fused-ring (bicyclic) bond motifs is 13. The Morgan fingerprint density at radius 2 is 0.682 bits per heavy atom. The predicted molar refractivity (Wildman–Crippen MR) is 275 cm³/mol. The van der Waals surface area contributed by atoms with Gasteiger partial charge in [0.25, 0.3) is 0 Å². The number of nitrogens with zero attached hydrogens (tertiary/aromatic N) is 2. The van der Waals surface area contributed by atoms with Crippen molar-refractivity contribution in [1.82, 2.24) is 0 Å². The Kier molecular flexibility index (Phi) is 8.51. The van der Waals surface area contributed by atoms with Gasteiger partial charge in [0, 0.05) is 39.4 Å². The van der Waals surface area contributed by atoms with Gasteiger partial charge in [0.05, 0.1) is 11.1 Å². The van der Waals surface area contributed by atoms with Crippen LogP contribution < -0.4 is 9.80 Å². The molecule has 0 aromatic heterocycles. The molecule has 2 nitrogen and oxygen atoms in total. The van der Waals surface area contributed by atoms with Gasteiger partial charge in [-0.3, -0.25) is 0 Å². The summed E-state index contributed by atoms with van der Waals surface area (Å²) < 4.78 is 0. The molecule has 0 atom stereocenters. The average Bonchev–Trinajstić information content (AvgIpc) is 3.94. The fourth-order valence-electron chi connectivity index (χ4n) is 11.8. The quantitative estimate of drug-likeness (QED) is 0.158. The van der Waals surface area contributed by atoms with Crippen LogP contribution in [0.4, 0.5) is 34.1 Å². The van der Waals surface area contributed by atoms with Gasteiger partial charge in [0.1, 0.15) is 0 Å². The Bertz CT molecular complexity index is 3410. The molecular weight excluding hydrogens is 797 g/mol. The highest BCUT2D eigenvalue weighted by Gasteiger charge is 2.53. The van der Waals surface area contributed by atoms with E-state index < -0.39 is 5.41 Å². The highest BCUT2D eigenvalue weighted by molar-refractivity contribution is 6.03. The Labute approximate surface area is 387 Å². The standard InChI is InChI=1S/C64H46N2/c1-63(2)55-30-16-12-26-50(55)53-39-36-44(40-59(53)63)43-34-37-48(38-35-43)65(45-20-6-3-7-21-45)49-41-60-62(61(42-49)66(46-22-8-4-9-23-46)47-24-10-5-11-25-47)54-29-15-19-33-58(54)64(60)56-31-17-13-27-51(56)52-28-14-18-32-57(52)64/h3-42H,1-2H3. The molecular formula is C64H46N2. The maximum atomic E-state index is 2.51. The minimum Gasteiger partial charge on any atom is -0.310 e. The molecule has 3 aliphatic rings. The van der Waals surface area contributed by atoms with Crippen LogP contribution in [-0.4, -0.2) is 0 Å². The lowest BCUT2D eigenvalue weighted by molar-refractivity contribution is 0.660. The van der Waals surface area contributed by atoms with Crippen LogP contribution in [0, 0.1) is 0 Å². The molecule has 0 aliphatic heterocycles. The summed E-state index contributed by atoms with van der Waals surface area (Å²) in [6.45, 7) is 4.71. The predicted octanol–water partition coefficient (Wildman–Crippen LogP) is 16.9. The third kappa shape index (κ3) is 5.48. The lowest BCUT2D eigenvalue weighted by Gasteiger charge is -2.34. The summed E-state index contributed by atoms with van der Waals surface area (Å²) >= 11 is 0. The molecule has 0 saturated heterocycles. The van der Waals surface area contributed by atoms with E-state index in [-0.39, 0.29) is 5.41 Å². The number of benzene rings is 10. The molecule has 0 N–H and O–H groups in total. The largest absolute Gasteiger partial charge is 0.310 e. The SMILES string of the molecule is CC1(C)c2ccccc2-c2ccc(-c3ccc(N(c4ccccc4)c4cc(N(c5ccccc5)c5ccccc5)c5c(c4)C4(c6ccccc6-c6ccccc64)c4ccccc4-5)cc3)cc21. The number of para-hydroxylation sites is 3. The second kappa shape index (κ2) is 14.7. The number of rotatable bonds is 7. The van der Waals surface area contributed by atoms with Crippen molar-refractivity contribution in [2.45, 2.75) is 24.7 Å². The van der Waals surface area contributed by atoms with Crippen molar-refractivity contribution in [3.8, 4) is 44.5 Å². The van der Waals surface area contributed by atoms with Crippen molar-refractivity contribution < 1.29 is 0 Å². The summed E-state index contributed by atoms with van der Waals surface area (Å²) in [5.41, 5.74) is 24.2. The van der Waals surface area contributed by atoms with Crippen LogP contribution in [0.3, 0.4) is 0 Å². The summed E-state index contributed by atoms with van der Waals surface area (Å²) in [4.78, 5) is 4.92. The zero-order valence-corrected chi connectivity index (χ0v) is 37.0. The zero-order chi connectivity index (χ0) is 44.0. The molecule has 3 aliphatic carbocycles. The van der Waals surface area contributed by atoms with E-state index in [1.54, 1.807) is 0 Å². The minimum absolute atomic E-state index is 0.0674. The van der Waals surface area contributed by atoms with Gasteiger partial charge < -0.3 is 9.80 Å². The molecule has 10 aromatic carbocycles. The van der Waals surface area contributed by atoms with E-state index in [4.69, 9.17) is 0 Å². The van der Waals surface area contributed by atoms with Crippen molar-refractivity contribution >= 4 is 34.1 Å². The van der Waals surface area contributed by atoms with E-state index in [1.807, 2.05) is 0 Å². The fraction of sp³-hybridized carbons (Fsp3) is 0.0625. The smallest absolute Gasteiger partial charge is 0.0727 e. The van der Waals surface area contributed by atoms with Crippen LogP contribution >= 0.6 is 0 Å². The fourth-order valence-corrected chi connectivity index (χ4v) is 11.8. The summed E-state index contributed by atoms with van der Waals surface area (Å²) in [6, 6.07) is 90.0. The molecule has 0 fully saturated rings. The Hall–Kier alpha value is -8.20. The molecule has 0 radical (unpaired) electrons. The summed E-state index contributed by atoms with van der Waals surface area (Å²) in [7, 11) is 0. The van der Waals surface area contributed by atoms with E-state index >= 15 is 0 Å². The highest BCUT2D eigenvalue weighted by Crippen LogP contribution is 2.65. The van der Waals surface area contributed by atoms with E-state index in [9.17, 15) is 0 Å². The first-order chi connectivity index (χ1) is 32.5. The zero-order valence-electron chi connectivity index (χ0n) is 37.0. The molecule has 0 amide bonds. The molecule has 0 saturated carbocycles. The molecule has 0 bridgehead atoms. The molecule has 0 unspecified atom stereocenters. The van der Waals surface area contributed by atoms with E-state index in [0.29, 0.717) is 0 Å². The molecule has 312 valence electrons. The summed E-state index contributed by atoms with van der Waals surface area (Å²) in [6.07, 6.45) is 0. The molecule has 10 aromatic rings. The monoisotopic (exact) mass is 842 g/mol. The molecule has 13 rings (SSSR count). The second-order valence-electron chi connectivity index (χ2n) is 18.4. The first-order valence-electron chi connectivity index (χ1n) is 23.1. The van der Waals surface area contributed by atoms with Gasteiger partial charge in [0.2, 0.25) is 0 Å². The average molecular weight is 843 g/mol. The Morgan fingerprint density at radius 3 is 1.24 bits per heavy atom. The topological polar surface area (TPSA) is 6.48 Å². The molecule has 1 spiro atoms. The first kappa shape index (κ1) is 38.3. The van der Waals surface area contributed by atoms with Crippen LogP contribution in [0.5, 0.6) is 0 Å². The Morgan fingerprint density at radius 1 is 0.273 bits per heavy atom. The van der Waals surface area contributed by atoms with Crippen molar-refractivity contribution in [3.63, 3.8) is 0 Å². The van der Waals surface area contributed by atoms with Gasteiger partial charge in [-0.15, -0.1) is 0 Å². The van der Waals surface area contributed by atoms with Crippen molar-refractivity contribution in [2.75, 3.05) is 9.80 Å². The number of anilines is 6. The summed E-state index contributed by atoms with van der Waals surface area (Å²) in [5.74, 6) is 0. The van der Waals surface area contributed by atoms with Gasteiger partial charge >= 0.3 is 0 Å². The maximum absolute atomic E-state index is 2.51. The normalized spacial score (nSPS) is 13.8. The summed E-state index contributed by atoms with van der Waals surface area (Å²) in [5, 5.41) is 0. The number of hydrogen-bond acceptors (Lipinski definition) is 2. The van der Waals surface area contributed by atoms with Crippen LogP contribution in [0.2, 0.25) is 0 Å². The Balaban J connectivity index is 1.06. The first-order valence-corrected chi connectivity index (χ1v) is 23.1. The lowest BCUT2D eigenvalue weighted by atomic mass is 9.70. The van der Waals surface area contributed by atoms with Crippen LogP contribution in [-0.2, 0) is 10.8 Å². The van der Waals surface area contributed by atoms with E-state index in [2.05, 4.69) is 266 Å². The van der Waals surface area contributed by atoms with Gasteiger partial charge in [-0.25, -0.2) is 0 Å². The van der Waals surface area contributed by atoms with Crippen LogP contribution in [0.25, 0.3) is 44.5 Å². The van der Waals surface area contributed by atoms with Gasteiger partial charge in [-0.05, 0) is 139 Å².